The summed E-state index contributed by atoms with van der Waals surface area (Å²) in [6.45, 7) is 1.79. The molecule has 102 valence electrons. The number of aryl methyl sites for hydroxylation is 2. The van der Waals surface area contributed by atoms with Crippen molar-refractivity contribution >= 4 is 27.5 Å². The average molecular weight is 352 g/mol. The quantitative estimate of drug-likeness (QED) is 0.782. The van der Waals surface area contributed by atoms with Crippen LogP contribution in [-0.4, -0.2) is 9.78 Å². The normalized spacial score (nSPS) is 10.8. The van der Waals surface area contributed by atoms with Gasteiger partial charge >= 0.3 is 0 Å². The van der Waals surface area contributed by atoms with E-state index in [1.54, 1.807) is 14.0 Å². The van der Waals surface area contributed by atoms with Crippen molar-refractivity contribution in [1.29, 1.82) is 0 Å². The monoisotopic (exact) mass is 350 g/mol. The zero-order valence-electron chi connectivity index (χ0n) is 10.2. The van der Waals surface area contributed by atoms with Gasteiger partial charge in [0.05, 0.1) is 5.69 Å². The molecule has 1 aromatic carbocycles. The van der Waals surface area contributed by atoms with Crippen LogP contribution in [0.25, 0.3) is 0 Å². The van der Waals surface area contributed by atoms with Crippen LogP contribution in [-0.2, 0) is 13.7 Å². The van der Waals surface area contributed by atoms with Crippen molar-refractivity contribution in [2.75, 3.05) is 0 Å². The molecule has 0 unspecified atom stereocenters. The van der Waals surface area contributed by atoms with Crippen LogP contribution in [0.3, 0.4) is 0 Å². The fraction of sp³-hybridized carbons (Fsp3) is 0.250. The molecule has 0 atom stereocenters. The molecule has 0 saturated heterocycles. The molecule has 0 spiro atoms. The summed E-state index contributed by atoms with van der Waals surface area (Å²) in [5, 5.41) is 4.52. The number of hydrogen-bond acceptors (Lipinski definition) is 2. The number of halogens is 4. The highest BCUT2D eigenvalue weighted by atomic mass is 79.9. The first-order valence-corrected chi connectivity index (χ1v) is 6.52. The lowest BCUT2D eigenvalue weighted by Gasteiger charge is -2.08. The van der Waals surface area contributed by atoms with Crippen molar-refractivity contribution in [3.63, 3.8) is 0 Å². The third-order valence-corrected chi connectivity index (χ3v) is 3.53. The van der Waals surface area contributed by atoms with Crippen LogP contribution in [0.5, 0.6) is 5.75 Å². The van der Waals surface area contributed by atoms with E-state index in [-0.39, 0.29) is 12.4 Å². The standard InChI is InChI=1S/C12H10BrClF2N2O/c1-6-8(12(14)18(2)17-6)5-19-10-4-7(13)3-9(15)11(10)16/h3-4H,5H2,1-2H3. The number of aromatic nitrogens is 2. The smallest absolute Gasteiger partial charge is 0.200 e. The van der Waals surface area contributed by atoms with Crippen LogP contribution in [0.1, 0.15) is 11.3 Å². The van der Waals surface area contributed by atoms with E-state index in [0.717, 1.165) is 6.07 Å². The molecule has 0 saturated carbocycles. The molecule has 0 bridgehead atoms. The van der Waals surface area contributed by atoms with Crippen molar-refractivity contribution in [2.24, 2.45) is 7.05 Å². The minimum Gasteiger partial charge on any atom is -0.485 e. The number of benzene rings is 1. The van der Waals surface area contributed by atoms with Crippen molar-refractivity contribution in [3.05, 3.63) is 44.7 Å². The number of nitrogens with zero attached hydrogens (tertiary/aromatic N) is 2. The van der Waals surface area contributed by atoms with Gasteiger partial charge in [0.2, 0.25) is 5.82 Å². The lowest BCUT2D eigenvalue weighted by Crippen LogP contribution is -2.00. The molecule has 7 heteroatoms. The van der Waals surface area contributed by atoms with Gasteiger partial charge in [0.25, 0.3) is 0 Å². The Bertz CT molecular complexity index is 631. The molecule has 1 heterocycles. The van der Waals surface area contributed by atoms with Crippen LogP contribution in [0.2, 0.25) is 5.15 Å². The largest absolute Gasteiger partial charge is 0.485 e. The highest BCUT2D eigenvalue weighted by Gasteiger charge is 2.15. The first kappa shape index (κ1) is 14.3. The predicted molar refractivity (Wildman–Crippen MR) is 71.3 cm³/mol. The third-order valence-electron chi connectivity index (χ3n) is 2.60. The molecule has 1 aromatic heterocycles. The Morgan fingerprint density at radius 3 is 2.68 bits per heavy atom. The molecule has 0 amide bonds. The van der Waals surface area contributed by atoms with E-state index in [4.69, 9.17) is 16.3 Å². The summed E-state index contributed by atoms with van der Waals surface area (Å²) in [5.41, 5.74) is 1.33. The third kappa shape index (κ3) is 2.90. The topological polar surface area (TPSA) is 27.1 Å². The fourth-order valence-corrected chi connectivity index (χ4v) is 2.26. The first-order chi connectivity index (χ1) is 8.90. The second-order valence-corrected chi connectivity index (χ2v) is 5.24. The maximum Gasteiger partial charge on any atom is 0.200 e. The van der Waals surface area contributed by atoms with Gasteiger partial charge in [-0.3, -0.25) is 4.68 Å². The lowest BCUT2D eigenvalue weighted by molar-refractivity contribution is 0.283. The van der Waals surface area contributed by atoms with Gasteiger partial charge in [0.15, 0.2) is 11.6 Å². The van der Waals surface area contributed by atoms with E-state index in [9.17, 15) is 8.78 Å². The molecular formula is C12H10BrClF2N2O. The highest BCUT2D eigenvalue weighted by Crippen LogP contribution is 2.27. The van der Waals surface area contributed by atoms with Gasteiger partial charge in [-0.15, -0.1) is 0 Å². The van der Waals surface area contributed by atoms with Crippen LogP contribution in [0.4, 0.5) is 8.78 Å². The van der Waals surface area contributed by atoms with Crippen LogP contribution >= 0.6 is 27.5 Å². The number of hydrogen-bond donors (Lipinski definition) is 0. The van der Waals surface area contributed by atoms with Gasteiger partial charge in [0.1, 0.15) is 11.8 Å². The van der Waals surface area contributed by atoms with E-state index >= 15 is 0 Å². The van der Waals surface area contributed by atoms with E-state index in [1.807, 2.05) is 0 Å². The minimum absolute atomic E-state index is 0.0192. The zero-order valence-corrected chi connectivity index (χ0v) is 12.5. The number of rotatable bonds is 3. The summed E-state index contributed by atoms with van der Waals surface area (Å²) in [5.74, 6) is -2.18. The van der Waals surface area contributed by atoms with Crippen LogP contribution in [0, 0.1) is 18.6 Å². The zero-order chi connectivity index (χ0) is 14.2. The van der Waals surface area contributed by atoms with Crippen molar-refractivity contribution < 1.29 is 13.5 Å². The summed E-state index contributed by atoms with van der Waals surface area (Å²) in [6.07, 6.45) is 0. The molecule has 2 aromatic rings. The Morgan fingerprint density at radius 1 is 1.42 bits per heavy atom. The average Bonchev–Trinajstić information content (AvgIpc) is 2.57. The van der Waals surface area contributed by atoms with Gasteiger partial charge in [-0.25, -0.2) is 4.39 Å². The maximum absolute atomic E-state index is 13.5. The summed E-state index contributed by atoms with van der Waals surface area (Å²) < 4.78 is 33.9. The van der Waals surface area contributed by atoms with Crippen LogP contribution in [0.15, 0.2) is 16.6 Å². The minimum atomic E-state index is -1.03. The first-order valence-electron chi connectivity index (χ1n) is 5.35. The van der Waals surface area contributed by atoms with Gasteiger partial charge in [-0.1, -0.05) is 27.5 Å². The molecular weight excluding hydrogens is 341 g/mol. The van der Waals surface area contributed by atoms with E-state index < -0.39 is 11.6 Å². The van der Waals surface area contributed by atoms with Gasteiger partial charge < -0.3 is 4.74 Å². The molecule has 0 radical (unpaired) electrons. The Hall–Kier alpha value is -1.14. The van der Waals surface area contributed by atoms with E-state index in [0.29, 0.717) is 20.9 Å². The molecule has 3 nitrogen and oxygen atoms in total. The molecule has 0 fully saturated rings. The van der Waals surface area contributed by atoms with Crippen molar-refractivity contribution in [3.8, 4) is 5.75 Å². The Morgan fingerprint density at radius 2 is 2.11 bits per heavy atom. The predicted octanol–water partition coefficient (Wildman–Crippen LogP) is 4.00. The summed E-state index contributed by atoms with van der Waals surface area (Å²) in [4.78, 5) is 0. The van der Waals surface area contributed by atoms with Gasteiger partial charge in [-0.2, -0.15) is 9.49 Å². The second-order valence-electron chi connectivity index (χ2n) is 3.97. The fourth-order valence-electron chi connectivity index (χ4n) is 1.63. The number of ether oxygens (including phenoxy) is 1. The SMILES string of the molecule is Cc1nn(C)c(Cl)c1COc1cc(Br)cc(F)c1F. The summed E-state index contributed by atoms with van der Waals surface area (Å²) >= 11 is 9.10. The highest BCUT2D eigenvalue weighted by molar-refractivity contribution is 9.10. The summed E-state index contributed by atoms with van der Waals surface area (Å²) in [6, 6.07) is 2.39. The van der Waals surface area contributed by atoms with Crippen LogP contribution < -0.4 is 4.74 Å². The Kier molecular flexibility index (Phi) is 4.10. The molecule has 19 heavy (non-hydrogen) atoms. The van der Waals surface area contributed by atoms with Gasteiger partial charge in [-0.05, 0) is 19.1 Å². The second kappa shape index (κ2) is 5.46. The van der Waals surface area contributed by atoms with Crippen molar-refractivity contribution in [2.45, 2.75) is 13.5 Å². The van der Waals surface area contributed by atoms with E-state index in [1.165, 1.54) is 10.7 Å². The molecule has 0 aliphatic heterocycles. The maximum atomic E-state index is 13.5. The lowest BCUT2D eigenvalue weighted by atomic mass is 10.3. The molecule has 2 rings (SSSR count). The summed E-state index contributed by atoms with van der Waals surface area (Å²) in [7, 11) is 1.69. The van der Waals surface area contributed by atoms with Gasteiger partial charge in [0, 0.05) is 17.1 Å². The molecule has 0 aliphatic rings. The van der Waals surface area contributed by atoms with Crippen molar-refractivity contribution in [1.82, 2.24) is 9.78 Å². The van der Waals surface area contributed by atoms with E-state index in [2.05, 4.69) is 21.0 Å². The molecule has 0 N–H and O–H groups in total. The molecule has 0 aliphatic carbocycles. The Balaban J connectivity index is 2.24. The Labute approximate surface area is 122 Å².